The summed E-state index contributed by atoms with van der Waals surface area (Å²) in [5.41, 5.74) is 6.14. The number of nitrogens with one attached hydrogen (secondary N) is 2. The first-order valence-electron chi connectivity index (χ1n) is 10.3. The third-order valence-corrected chi connectivity index (χ3v) is 7.28. The van der Waals surface area contributed by atoms with E-state index in [-0.39, 0.29) is 35.9 Å². The van der Waals surface area contributed by atoms with Crippen LogP contribution in [0, 0.1) is 23.2 Å². The molecule has 2 amide bonds. The van der Waals surface area contributed by atoms with Crippen LogP contribution in [0.4, 0.5) is 0 Å². The Morgan fingerprint density at radius 3 is 2.00 bits per heavy atom. The van der Waals surface area contributed by atoms with Crippen molar-refractivity contribution in [2.24, 2.45) is 28.9 Å². The van der Waals surface area contributed by atoms with Crippen LogP contribution in [0.15, 0.2) is 0 Å². The van der Waals surface area contributed by atoms with Crippen LogP contribution in [0.5, 0.6) is 0 Å². The van der Waals surface area contributed by atoms with Crippen LogP contribution in [0.3, 0.4) is 0 Å². The molecule has 4 bridgehead atoms. The van der Waals surface area contributed by atoms with E-state index < -0.39 is 0 Å². The minimum absolute atomic E-state index is 0.0562. The number of amides is 2. The van der Waals surface area contributed by atoms with Crippen molar-refractivity contribution in [1.82, 2.24) is 10.6 Å². The van der Waals surface area contributed by atoms with E-state index in [2.05, 4.69) is 10.6 Å². The maximum Gasteiger partial charge on any atom is 0.239 e. The molecule has 0 aliphatic heterocycles. The van der Waals surface area contributed by atoms with Crippen molar-refractivity contribution in [3.8, 4) is 0 Å². The molecule has 0 spiro atoms. The van der Waals surface area contributed by atoms with Gasteiger partial charge in [0.1, 0.15) is 0 Å². The van der Waals surface area contributed by atoms with Crippen molar-refractivity contribution in [3.63, 3.8) is 0 Å². The first kappa shape index (κ1) is 17.3. The van der Waals surface area contributed by atoms with E-state index in [1.807, 2.05) is 0 Å². The summed E-state index contributed by atoms with van der Waals surface area (Å²) >= 11 is 0. The monoisotopic (exact) mass is 347 g/mol. The number of hydrogen-bond acceptors (Lipinski definition) is 3. The van der Waals surface area contributed by atoms with E-state index in [4.69, 9.17) is 5.73 Å². The third-order valence-electron chi connectivity index (χ3n) is 7.28. The standard InChI is InChI=1S/C20H33N3O2/c21-16-1-3-17(4-2-16)23-19(25)12-22-18(24)11-20-8-13-5-14(9-20)7-15(6-13)10-20/h13-17H,1-12,21H2,(H,22,24)(H,23,25). The summed E-state index contributed by atoms with van der Waals surface area (Å²) in [4.78, 5) is 24.6. The Hall–Kier alpha value is -1.10. The van der Waals surface area contributed by atoms with Crippen molar-refractivity contribution in [2.75, 3.05) is 6.54 Å². The summed E-state index contributed by atoms with van der Waals surface area (Å²) in [6.07, 6.45) is 12.4. The van der Waals surface area contributed by atoms with Gasteiger partial charge in [-0.15, -0.1) is 0 Å². The van der Waals surface area contributed by atoms with Crippen LogP contribution in [0.25, 0.3) is 0 Å². The van der Waals surface area contributed by atoms with Crippen LogP contribution in [-0.4, -0.2) is 30.4 Å². The van der Waals surface area contributed by atoms with Crippen molar-refractivity contribution in [2.45, 2.75) is 82.7 Å². The Bertz CT molecular complexity index is 490. The van der Waals surface area contributed by atoms with Gasteiger partial charge in [0.05, 0.1) is 6.54 Å². The van der Waals surface area contributed by atoms with Crippen molar-refractivity contribution in [3.05, 3.63) is 0 Å². The molecule has 0 aromatic rings. The van der Waals surface area contributed by atoms with E-state index in [0.29, 0.717) is 6.42 Å². The minimum atomic E-state index is -0.0562. The van der Waals surface area contributed by atoms with Gasteiger partial charge in [-0.05, 0) is 87.4 Å². The molecule has 5 heteroatoms. The van der Waals surface area contributed by atoms with E-state index in [9.17, 15) is 9.59 Å². The van der Waals surface area contributed by atoms with Gasteiger partial charge in [-0.25, -0.2) is 0 Å². The lowest BCUT2D eigenvalue weighted by Crippen LogP contribution is -2.49. The van der Waals surface area contributed by atoms with E-state index in [1.165, 1.54) is 38.5 Å². The van der Waals surface area contributed by atoms with Crippen molar-refractivity contribution < 1.29 is 9.59 Å². The molecule has 0 heterocycles. The topological polar surface area (TPSA) is 84.2 Å². The molecule has 5 saturated carbocycles. The average molecular weight is 348 g/mol. The lowest BCUT2D eigenvalue weighted by Gasteiger charge is -2.56. The molecule has 0 aromatic carbocycles. The molecule has 0 saturated heterocycles. The van der Waals surface area contributed by atoms with Crippen LogP contribution >= 0.6 is 0 Å². The summed E-state index contributed by atoms with van der Waals surface area (Å²) in [5.74, 6) is 2.60. The summed E-state index contributed by atoms with van der Waals surface area (Å²) in [7, 11) is 0. The SMILES string of the molecule is NC1CCC(NC(=O)CNC(=O)CC23CC4CC(CC(C4)C2)C3)CC1. The van der Waals surface area contributed by atoms with Gasteiger partial charge in [-0.2, -0.15) is 0 Å². The van der Waals surface area contributed by atoms with Crippen LogP contribution in [-0.2, 0) is 9.59 Å². The molecule has 5 rings (SSSR count). The van der Waals surface area contributed by atoms with Gasteiger partial charge in [-0.3, -0.25) is 9.59 Å². The summed E-state index contributed by atoms with van der Waals surface area (Å²) in [5, 5.41) is 5.93. The molecular formula is C20H33N3O2. The van der Waals surface area contributed by atoms with Crippen LogP contribution in [0.2, 0.25) is 0 Å². The molecule has 0 atom stereocenters. The Labute approximate surface area is 150 Å². The largest absolute Gasteiger partial charge is 0.352 e. The highest BCUT2D eigenvalue weighted by molar-refractivity contribution is 5.85. The Morgan fingerprint density at radius 1 is 0.880 bits per heavy atom. The predicted octanol–water partition coefficient (Wildman–Crippen LogP) is 2.10. The van der Waals surface area contributed by atoms with Crippen LogP contribution < -0.4 is 16.4 Å². The Morgan fingerprint density at radius 2 is 1.44 bits per heavy atom. The molecular weight excluding hydrogens is 314 g/mol. The van der Waals surface area contributed by atoms with Gasteiger partial charge in [0.2, 0.25) is 11.8 Å². The van der Waals surface area contributed by atoms with Gasteiger partial charge in [-0.1, -0.05) is 0 Å². The lowest BCUT2D eigenvalue weighted by atomic mass is 9.49. The number of hydrogen-bond donors (Lipinski definition) is 3. The maximum absolute atomic E-state index is 12.5. The molecule has 25 heavy (non-hydrogen) atoms. The second-order valence-corrected chi connectivity index (χ2v) is 9.55. The zero-order chi connectivity index (χ0) is 17.4. The van der Waals surface area contributed by atoms with Gasteiger partial charge in [0, 0.05) is 18.5 Å². The maximum atomic E-state index is 12.5. The number of nitrogens with two attached hydrogens (primary N) is 1. The number of carbonyl (C=O) groups is 2. The minimum Gasteiger partial charge on any atom is -0.352 e. The average Bonchev–Trinajstić information content (AvgIpc) is 2.53. The van der Waals surface area contributed by atoms with Crippen LogP contribution in [0.1, 0.15) is 70.6 Å². The number of rotatable bonds is 5. The molecule has 140 valence electrons. The molecule has 4 N–H and O–H groups in total. The smallest absolute Gasteiger partial charge is 0.239 e. The highest BCUT2D eigenvalue weighted by atomic mass is 16.2. The van der Waals surface area contributed by atoms with E-state index >= 15 is 0 Å². The van der Waals surface area contributed by atoms with E-state index in [1.54, 1.807) is 0 Å². The molecule has 0 aromatic heterocycles. The highest BCUT2D eigenvalue weighted by Crippen LogP contribution is 2.61. The Balaban J connectivity index is 1.21. The highest BCUT2D eigenvalue weighted by Gasteiger charge is 2.51. The first-order chi connectivity index (χ1) is 12.0. The summed E-state index contributed by atoms with van der Waals surface area (Å²) in [6, 6.07) is 0.514. The zero-order valence-electron chi connectivity index (χ0n) is 15.3. The quantitative estimate of drug-likeness (QED) is 0.712. The fraction of sp³-hybridized carbons (Fsp3) is 0.900. The molecule has 5 aliphatic carbocycles. The molecule has 5 nitrogen and oxygen atoms in total. The second kappa shape index (κ2) is 6.90. The Kier molecular flexibility index (Phi) is 4.78. The molecule has 0 unspecified atom stereocenters. The lowest BCUT2D eigenvalue weighted by molar-refractivity contribution is -0.132. The molecule has 5 aliphatic rings. The second-order valence-electron chi connectivity index (χ2n) is 9.55. The summed E-state index contributed by atoms with van der Waals surface area (Å²) in [6.45, 7) is 0.119. The molecule has 5 fully saturated rings. The third kappa shape index (κ3) is 4.02. The summed E-state index contributed by atoms with van der Waals surface area (Å²) < 4.78 is 0. The fourth-order valence-corrected chi connectivity index (χ4v) is 6.63. The normalized spacial score (nSPS) is 42.2. The van der Waals surface area contributed by atoms with Gasteiger partial charge in [0.15, 0.2) is 0 Å². The number of carbonyl (C=O) groups excluding carboxylic acids is 2. The van der Waals surface area contributed by atoms with Gasteiger partial charge >= 0.3 is 0 Å². The first-order valence-corrected chi connectivity index (χ1v) is 10.3. The van der Waals surface area contributed by atoms with Gasteiger partial charge < -0.3 is 16.4 Å². The predicted molar refractivity (Wildman–Crippen MR) is 96.6 cm³/mol. The fourth-order valence-electron chi connectivity index (χ4n) is 6.63. The van der Waals surface area contributed by atoms with Crippen molar-refractivity contribution in [1.29, 1.82) is 0 Å². The van der Waals surface area contributed by atoms with E-state index in [0.717, 1.165) is 43.4 Å². The van der Waals surface area contributed by atoms with Gasteiger partial charge in [0.25, 0.3) is 0 Å². The molecule has 0 radical (unpaired) electrons. The zero-order valence-corrected chi connectivity index (χ0v) is 15.3. The van der Waals surface area contributed by atoms with Crippen molar-refractivity contribution >= 4 is 11.8 Å².